The number of carbonyl (C=O) groups is 13. The first-order valence-electron chi connectivity index (χ1n) is 26.9. The Morgan fingerprint density at radius 1 is 0.713 bits per heavy atom. The number of aliphatic hydroxyl groups excluding tert-OH is 1. The number of anilines is 1. The van der Waals surface area contributed by atoms with Crippen LogP contribution in [0, 0.1) is 11.8 Å². The molecule has 8 amide bonds. The number of phosphoric ester groups is 1. The van der Waals surface area contributed by atoms with Gasteiger partial charge in [0.05, 0.1) is 61.9 Å². The Bertz CT molecular complexity index is 3330. The Labute approximate surface area is 542 Å². The zero-order valence-corrected chi connectivity index (χ0v) is 53.6. The van der Waals surface area contributed by atoms with Crippen molar-refractivity contribution in [3.8, 4) is 11.8 Å². The average molecular weight is 1460 g/mol. The molecule has 0 aliphatic carbocycles. The number of urea groups is 1. The van der Waals surface area contributed by atoms with Crippen molar-refractivity contribution < 1.29 is 144 Å². The highest BCUT2D eigenvalue weighted by atomic mass is 33.1. The van der Waals surface area contributed by atoms with E-state index in [1.54, 1.807) is 10.6 Å². The zero-order valence-electron chi connectivity index (χ0n) is 48.4. The molecule has 48 heteroatoms. The first-order valence-corrected chi connectivity index (χ1v) is 34.5. The molecule has 0 radical (unpaired) electrons. The van der Waals surface area contributed by atoms with Gasteiger partial charge in [0.15, 0.2) is 0 Å². The molecule has 2 aromatic rings. The van der Waals surface area contributed by atoms with Crippen molar-refractivity contribution in [3.63, 3.8) is 0 Å². The smallest absolute Gasteiger partial charge is 0.481 e. The Kier molecular flexibility index (Phi) is 33.3. The number of ether oxygens (including phenoxy) is 1. The van der Waals surface area contributed by atoms with Gasteiger partial charge in [-0.1, -0.05) is 39.8 Å². The minimum Gasteiger partial charge on any atom is -0.481 e. The number of fused-ring (bicyclic) bond motifs is 1. The van der Waals surface area contributed by atoms with E-state index in [0.717, 1.165) is 27.9 Å². The number of amides is 8. The van der Waals surface area contributed by atoms with Gasteiger partial charge in [-0.25, -0.2) is 47.6 Å². The molecule has 20 N–H and O–H groups in total. The van der Waals surface area contributed by atoms with E-state index in [9.17, 15) is 106 Å². The molecule has 2 aromatic heterocycles. The van der Waals surface area contributed by atoms with Gasteiger partial charge in [-0.3, -0.25) is 38.1 Å². The lowest BCUT2D eigenvalue weighted by atomic mass is 10.1. The van der Waals surface area contributed by atoms with Gasteiger partial charge >= 0.3 is 59.3 Å². The lowest BCUT2D eigenvalue weighted by molar-refractivity contribution is -0.148. The van der Waals surface area contributed by atoms with Crippen LogP contribution in [-0.4, -0.2) is 228 Å². The summed E-state index contributed by atoms with van der Waals surface area (Å²) >= 11 is 3.99. The lowest BCUT2D eigenvalue weighted by Crippen LogP contribution is -2.53. The van der Waals surface area contributed by atoms with Crippen molar-refractivity contribution in [2.45, 2.75) is 119 Å². The van der Waals surface area contributed by atoms with Crippen molar-refractivity contribution in [1.29, 1.82) is 0 Å². The van der Waals surface area contributed by atoms with Crippen LogP contribution >= 0.6 is 57.7 Å². The fourth-order valence-electron chi connectivity index (χ4n) is 7.76. The molecule has 42 nitrogen and oxygen atoms in total. The molecular formula is C46H65N12O30P3S3. The van der Waals surface area contributed by atoms with E-state index in [4.69, 9.17) is 30.5 Å². The van der Waals surface area contributed by atoms with E-state index in [2.05, 4.69) is 74.2 Å². The number of nitrogens with two attached hydrogens (primary N) is 1. The maximum atomic E-state index is 13.3. The summed E-state index contributed by atoms with van der Waals surface area (Å²) in [6.07, 6.45) is -5.23. The van der Waals surface area contributed by atoms with Gasteiger partial charge < -0.3 is 113 Å². The van der Waals surface area contributed by atoms with E-state index >= 15 is 0 Å². The first kappa shape index (κ1) is 80.7. The zero-order chi connectivity index (χ0) is 70.7. The fourth-order valence-corrected chi connectivity index (χ4v) is 13.1. The number of unbranched alkanes of at least 4 members (excludes halogenated alkanes) is 2. The third-order valence-electron chi connectivity index (χ3n) is 12.1. The number of carboxylic acid groups (broad SMARTS) is 5. The minimum absolute atomic E-state index is 0.00390. The molecule has 10 unspecified atom stereocenters. The second-order valence-corrected chi connectivity index (χ2v) is 26.8. The predicted molar refractivity (Wildman–Crippen MR) is 321 cm³/mol. The summed E-state index contributed by atoms with van der Waals surface area (Å²) in [7, 11) is -14.8. The van der Waals surface area contributed by atoms with Gasteiger partial charge in [0.25, 0.3) is 0 Å². The molecule has 1 fully saturated rings. The third kappa shape index (κ3) is 29.8. The van der Waals surface area contributed by atoms with Gasteiger partial charge in [0, 0.05) is 49.3 Å². The molecule has 11 atom stereocenters. The van der Waals surface area contributed by atoms with Crippen LogP contribution in [-0.2, 0) is 89.1 Å². The van der Waals surface area contributed by atoms with Crippen LogP contribution in [0.2, 0.25) is 0 Å². The molecule has 1 aliphatic rings. The van der Waals surface area contributed by atoms with E-state index < -0.39 is 182 Å². The quantitative estimate of drug-likeness (QED) is 0.00752. The van der Waals surface area contributed by atoms with E-state index in [-0.39, 0.29) is 91.3 Å². The average Bonchev–Trinajstić information content (AvgIpc) is 1.62. The second kappa shape index (κ2) is 38.7. The largest absolute Gasteiger partial charge is 0.490 e. The van der Waals surface area contributed by atoms with Crippen LogP contribution in [0.3, 0.4) is 0 Å². The summed E-state index contributed by atoms with van der Waals surface area (Å²) in [5.41, 5.74) is 6.53. The topological polar surface area (TPSA) is 665 Å². The number of nitrogens with one attached hydrogen (secondary N) is 8. The molecule has 94 heavy (non-hydrogen) atoms. The lowest BCUT2D eigenvalue weighted by Gasteiger charge is -2.20. The molecule has 0 spiro atoms. The van der Waals surface area contributed by atoms with Crippen molar-refractivity contribution >= 4 is 152 Å². The van der Waals surface area contributed by atoms with Crippen molar-refractivity contribution in [3.05, 3.63) is 18.1 Å². The van der Waals surface area contributed by atoms with Crippen molar-refractivity contribution in [2.24, 2.45) is 0 Å². The molecule has 3 rings (SSSR count). The van der Waals surface area contributed by atoms with Gasteiger partial charge in [0.1, 0.15) is 66.6 Å². The summed E-state index contributed by atoms with van der Waals surface area (Å²) in [6, 6.07) is -11.2. The summed E-state index contributed by atoms with van der Waals surface area (Å²) in [5, 5.41) is 75.1. The van der Waals surface area contributed by atoms with Crippen LogP contribution < -0.4 is 48.3 Å². The van der Waals surface area contributed by atoms with Crippen LogP contribution in [0.4, 0.5) is 10.6 Å². The number of aromatic nitrogens is 3. The summed E-state index contributed by atoms with van der Waals surface area (Å²) in [6.45, 7) is -1.12. The number of hydrogen-bond acceptors (Lipinski definition) is 27. The molecule has 0 aromatic carbocycles. The van der Waals surface area contributed by atoms with Gasteiger partial charge in [-0.05, 0) is 12.8 Å². The molecule has 1 aliphatic heterocycles. The summed E-state index contributed by atoms with van der Waals surface area (Å²) in [4.78, 5) is 203. The molecular weight excluding hydrogens is 1390 g/mol. The maximum Gasteiger partial charge on any atom is 0.490 e. The molecule has 3 heterocycles. The van der Waals surface area contributed by atoms with E-state index in [1.165, 1.54) is 10.8 Å². The number of thiol groups is 1. The molecule has 1 saturated heterocycles. The SMILES string of the molecule is Nc1ncnc2c1c(C#CCNC(=O)CCSSCC(NC(=O)N[C@H](C=O)CS)C(=O)NCCCCCC(=O)NC(CC(=O)NC(CC(=O)NC(CC(=O)NC(CC(=O)O)C(=O)O)C(=O)O)C(=O)O)C(=O)O)cn2C1CC(O)C(COP(=O)(O)OP(=O)(O)OP(=O)(O)O)O1. The third-order valence-corrected chi connectivity index (χ3v) is 18.7. The highest BCUT2D eigenvalue weighted by Crippen LogP contribution is 2.66. The summed E-state index contributed by atoms with van der Waals surface area (Å²) in [5.74, 6) is -9.15. The van der Waals surface area contributed by atoms with Crippen LogP contribution in [0.15, 0.2) is 12.5 Å². The maximum absolute atomic E-state index is 13.3. The number of aliphatic carboxylic acids is 5. The van der Waals surface area contributed by atoms with E-state index in [1.807, 2.05) is 5.32 Å². The number of nitrogens with zero attached hydrogens (tertiary/aromatic N) is 3. The Morgan fingerprint density at radius 3 is 1.81 bits per heavy atom. The summed E-state index contributed by atoms with van der Waals surface area (Å²) < 4.78 is 54.0. The Hall–Kier alpha value is -7.53. The van der Waals surface area contributed by atoms with Crippen LogP contribution in [0.1, 0.15) is 76.0 Å². The van der Waals surface area contributed by atoms with Gasteiger partial charge in [-0.2, -0.15) is 21.3 Å². The number of hydrogen-bond donors (Lipinski definition) is 20. The van der Waals surface area contributed by atoms with Gasteiger partial charge in [-0.15, -0.1) is 0 Å². The highest BCUT2D eigenvalue weighted by molar-refractivity contribution is 8.76. The van der Waals surface area contributed by atoms with Crippen molar-refractivity contribution in [1.82, 2.24) is 57.1 Å². The molecule has 0 bridgehead atoms. The minimum atomic E-state index is -5.82. The van der Waals surface area contributed by atoms with Crippen molar-refractivity contribution in [2.75, 3.05) is 42.7 Å². The number of rotatable bonds is 42. The number of carbonyl (C=O) groups excluding carboxylic acids is 8. The first-order chi connectivity index (χ1) is 43.9. The predicted octanol–water partition coefficient (Wildman–Crippen LogP) is -3.99. The second-order valence-electron chi connectivity index (χ2n) is 19.4. The monoisotopic (exact) mass is 1450 g/mol. The van der Waals surface area contributed by atoms with Crippen LogP contribution in [0.25, 0.3) is 11.0 Å². The number of nitrogen functional groups attached to an aromatic ring is 1. The molecule has 522 valence electrons. The Balaban J connectivity index is 1.47. The van der Waals surface area contributed by atoms with Gasteiger partial charge in [0.2, 0.25) is 35.4 Å². The Morgan fingerprint density at radius 2 is 1.28 bits per heavy atom. The standard InChI is InChI=1S/C46H65N12O30P3S3/c47-39-38-22(16-58(40(38)51-21-50-39)36-15-29(60)30(86-36)18-85-90(81,82)88-91(83,84)87-89(78,79)80)5-4-9-48-31(61)7-10-93-94-20-28(57-46(77)52-23(17-59)19-92)41(68)49-8-3-1-2-6-32(62)53-24(42(69)70)11-33(63)54-25(43(71)72)12-34(64)55-26(44(73)74)13-35(65)56-27(45(75)76)14-37(66)67/h16-17,21,23-30,36,60,92H,1-3,6-15,18-20H2,(H,48,61)(H,49,68)(H,53,62)(H,54,63)(H,55,64)(H,56,65)(H,66,67)(H,69,70)(H,71,72)(H,73,74)(H,75,76)(H,81,82)(H,83,84)(H2,47,50,51)(H2,52,57,77)(H2,78,79,80)/t23-,24?,25?,26?,27?,28?,29?,30?,36?/m1/s1. The number of aldehydes is 1. The normalized spacial score (nSPS) is 17.6. The number of carboxylic acids is 5. The van der Waals surface area contributed by atoms with Crippen LogP contribution in [0.5, 0.6) is 0 Å². The van der Waals surface area contributed by atoms with E-state index in [0.29, 0.717) is 6.29 Å². The number of aliphatic hydroxyl groups is 1. The molecule has 0 saturated carbocycles. The highest BCUT2D eigenvalue weighted by Gasteiger charge is 2.43. The fraction of sp³-hybridized carbons (Fsp3) is 0.543. The number of phosphoric acid groups is 3.